The molecule has 0 radical (unpaired) electrons. The molecule has 2 rings (SSSR count). The Morgan fingerprint density at radius 2 is 2.00 bits per heavy atom. The van der Waals surface area contributed by atoms with Gasteiger partial charge in [-0.25, -0.2) is 0 Å². The highest BCUT2D eigenvalue weighted by atomic mass is 32.2. The van der Waals surface area contributed by atoms with E-state index in [1.807, 2.05) is 24.3 Å². The van der Waals surface area contributed by atoms with Crippen molar-refractivity contribution in [1.82, 2.24) is 0 Å². The summed E-state index contributed by atoms with van der Waals surface area (Å²) in [6, 6.07) is 12.9. The van der Waals surface area contributed by atoms with Crippen LogP contribution >= 0.6 is 11.8 Å². The first-order valence-electron chi connectivity index (χ1n) is 6.63. The number of nitrogens with one attached hydrogen (secondary N) is 1. The van der Waals surface area contributed by atoms with Gasteiger partial charge in [-0.2, -0.15) is 0 Å². The minimum Gasteiger partial charge on any atom is -0.495 e. The SMILES string of the molecule is CCSc1ccccc1NC(=O)c1cccc(OC)c1N. The number of hydrogen-bond donors (Lipinski definition) is 2. The molecule has 0 aromatic heterocycles. The number of ether oxygens (including phenoxy) is 1. The van der Waals surface area contributed by atoms with Gasteiger partial charge in [-0.15, -0.1) is 11.8 Å². The van der Waals surface area contributed by atoms with Gasteiger partial charge in [0.15, 0.2) is 0 Å². The molecule has 0 heterocycles. The largest absolute Gasteiger partial charge is 0.495 e. The number of nitrogen functional groups attached to an aromatic ring is 1. The van der Waals surface area contributed by atoms with E-state index in [1.54, 1.807) is 30.0 Å². The van der Waals surface area contributed by atoms with Crippen molar-refractivity contribution >= 4 is 29.0 Å². The van der Waals surface area contributed by atoms with Gasteiger partial charge in [-0.1, -0.05) is 25.1 Å². The summed E-state index contributed by atoms with van der Waals surface area (Å²) in [7, 11) is 1.53. The molecule has 0 saturated carbocycles. The molecule has 21 heavy (non-hydrogen) atoms. The Morgan fingerprint density at radius 3 is 2.71 bits per heavy atom. The highest BCUT2D eigenvalue weighted by Gasteiger charge is 2.14. The number of methoxy groups -OCH3 is 1. The average Bonchev–Trinajstić information content (AvgIpc) is 2.49. The highest BCUT2D eigenvalue weighted by Crippen LogP contribution is 2.29. The van der Waals surface area contributed by atoms with E-state index in [9.17, 15) is 4.79 Å². The van der Waals surface area contributed by atoms with Gasteiger partial charge in [0.25, 0.3) is 5.91 Å². The van der Waals surface area contributed by atoms with Crippen molar-refractivity contribution in [3.8, 4) is 5.75 Å². The van der Waals surface area contributed by atoms with Gasteiger partial charge in [0, 0.05) is 4.90 Å². The lowest BCUT2D eigenvalue weighted by Crippen LogP contribution is -2.15. The Balaban J connectivity index is 2.26. The van der Waals surface area contributed by atoms with Gasteiger partial charge < -0.3 is 15.8 Å². The number of carbonyl (C=O) groups is 1. The van der Waals surface area contributed by atoms with E-state index in [0.29, 0.717) is 17.0 Å². The smallest absolute Gasteiger partial charge is 0.257 e. The fraction of sp³-hybridized carbons (Fsp3) is 0.188. The van der Waals surface area contributed by atoms with Gasteiger partial charge in [-0.3, -0.25) is 4.79 Å². The first-order valence-corrected chi connectivity index (χ1v) is 7.61. The Hall–Kier alpha value is -2.14. The van der Waals surface area contributed by atoms with Gasteiger partial charge in [-0.05, 0) is 30.0 Å². The number of nitrogens with two attached hydrogens (primary N) is 1. The number of amides is 1. The first kappa shape index (κ1) is 15.3. The molecule has 110 valence electrons. The summed E-state index contributed by atoms with van der Waals surface area (Å²) in [6.45, 7) is 2.07. The Morgan fingerprint density at radius 1 is 1.24 bits per heavy atom. The monoisotopic (exact) mass is 302 g/mol. The minimum atomic E-state index is -0.240. The minimum absolute atomic E-state index is 0.240. The number of rotatable bonds is 5. The topological polar surface area (TPSA) is 64.3 Å². The number of para-hydroxylation sites is 2. The second-order valence-electron chi connectivity index (χ2n) is 4.30. The summed E-state index contributed by atoms with van der Waals surface area (Å²) >= 11 is 1.68. The number of carbonyl (C=O) groups excluding carboxylic acids is 1. The summed E-state index contributed by atoms with van der Waals surface area (Å²) < 4.78 is 5.14. The summed E-state index contributed by atoms with van der Waals surface area (Å²) in [5.41, 5.74) is 7.50. The first-order chi connectivity index (χ1) is 10.2. The van der Waals surface area contributed by atoms with E-state index in [1.165, 1.54) is 7.11 Å². The lowest BCUT2D eigenvalue weighted by molar-refractivity contribution is 0.102. The third-order valence-corrected chi connectivity index (χ3v) is 3.92. The second-order valence-corrected chi connectivity index (χ2v) is 5.61. The van der Waals surface area contributed by atoms with Crippen molar-refractivity contribution in [3.05, 3.63) is 48.0 Å². The van der Waals surface area contributed by atoms with E-state index in [-0.39, 0.29) is 5.91 Å². The molecular weight excluding hydrogens is 284 g/mol. The van der Waals surface area contributed by atoms with Crippen LogP contribution in [0.4, 0.5) is 11.4 Å². The molecule has 5 heteroatoms. The summed E-state index contributed by atoms with van der Waals surface area (Å²) in [5, 5.41) is 2.91. The van der Waals surface area contributed by atoms with Gasteiger partial charge >= 0.3 is 0 Å². The molecule has 0 spiro atoms. The maximum atomic E-state index is 12.4. The normalized spacial score (nSPS) is 10.2. The molecule has 0 aliphatic rings. The van der Waals surface area contributed by atoms with Gasteiger partial charge in [0.05, 0.1) is 24.0 Å². The maximum absolute atomic E-state index is 12.4. The zero-order valence-corrected chi connectivity index (χ0v) is 12.9. The summed E-state index contributed by atoms with van der Waals surface area (Å²) in [4.78, 5) is 13.4. The molecule has 0 aliphatic carbocycles. The predicted octanol–water partition coefficient (Wildman–Crippen LogP) is 3.64. The maximum Gasteiger partial charge on any atom is 0.257 e. The van der Waals surface area contributed by atoms with Gasteiger partial charge in [0.2, 0.25) is 0 Å². The van der Waals surface area contributed by atoms with Crippen molar-refractivity contribution in [1.29, 1.82) is 0 Å². The van der Waals surface area contributed by atoms with Crippen LogP contribution in [-0.4, -0.2) is 18.8 Å². The molecule has 0 saturated heterocycles. The molecule has 3 N–H and O–H groups in total. The van der Waals surface area contributed by atoms with Crippen LogP contribution < -0.4 is 15.8 Å². The zero-order chi connectivity index (χ0) is 15.2. The van der Waals surface area contributed by atoms with Crippen molar-refractivity contribution in [2.24, 2.45) is 0 Å². The molecule has 4 nitrogen and oxygen atoms in total. The molecule has 0 unspecified atom stereocenters. The van der Waals surface area contributed by atoms with Crippen molar-refractivity contribution < 1.29 is 9.53 Å². The molecule has 0 fully saturated rings. The third kappa shape index (κ3) is 3.49. The van der Waals surface area contributed by atoms with Crippen LogP contribution in [0.1, 0.15) is 17.3 Å². The second kappa shape index (κ2) is 7.04. The molecule has 2 aromatic rings. The van der Waals surface area contributed by atoms with Crippen LogP contribution in [0.25, 0.3) is 0 Å². The molecule has 2 aromatic carbocycles. The van der Waals surface area contributed by atoms with Crippen LogP contribution in [0, 0.1) is 0 Å². The fourth-order valence-electron chi connectivity index (χ4n) is 1.96. The number of benzene rings is 2. The lowest BCUT2D eigenvalue weighted by atomic mass is 10.1. The molecule has 1 amide bonds. The molecular formula is C16H18N2O2S. The fourth-order valence-corrected chi connectivity index (χ4v) is 2.72. The predicted molar refractivity (Wildman–Crippen MR) is 88.2 cm³/mol. The van der Waals surface area contributed by atoms with Gasteiger partial charge in [0.1, 0.15) is 5.75 Å². The van der Waals surface area contributed by atoms with Crippen LogP contribution in [0.2, 0.25) is 0 Å². The van der Waals surface area contributed by atoms with E-state index >= 15 is 0 Å². The number of thioether (sulfide) groups is 1. The number of anilines is 2. The van der Waals surface area contributed by atoms with Crippen LogP contribution in [0.15, 0.2) is 47.4 Å². The Labute approximate surface area is 128 Å². The van der Waals surface area contributed by atoms with Crippen molar-refractivity contribution in [3.63, 3.8) is 0 Å². The van der Waals surface area contributed by atoms with Crippen molar-refractivity contribution in [2.45, 2.75) is 11.8 Å². The molecule has 0 atom stereocenters. The standard InChI is InChI=1S/C16H18N2O2S/c1-3-21-14-10-5-4-8-12(14)18-16(19)11-7-6-9-13(20-2)15(11)17/h4-10H,3,17H2,1-2H3,(H,18,19). The van der Waals surface area contributed by atoms with E-state index in [2.05, 4.69) is 12.2 Å². The average molecular weight is 302 g/mol. The highest BCUT2D eigenvalue weighted by molar-refractivity contribution is 7.99. The van der Waals surface area contributed by atoms with Crippen LogP contribution in [-0.2, 0) is 0 Å². The molecule has 0 aliphatic heterocycles. The third-order valence-electron chi connectivity index (χ3n) is 2.97. The molecule has 0 bridgehead atoms. The van der Waals surface area contributed by atoms with E-state index in [4.69, 9.17) is 10.5 Å². The summed E-state index contributed by atoms with van der Waals surface area (Å²) in [5.74, 6) is 1.20. The summed E-state index contributed by atoms with van der Waals surface area (Å²) in [6.07, 6.45) is 0. The van der Waals surface area contributed by atoms with E-state index < -0.39 is 0 Å². The van der Waals surface area contributed by atoms with Crippen LogP contribution in [0.5, 0.6) is 5.75 Å². The number of hydrogen-bond acceptors (Lipinski definition) is 4. The van der Waals surface area contributed by atoms with Crippen LogP contribution in [0.3, 0.4) is 0 Å². The van der Waals surface area contributed by atoms with Crippen molar-refractivity contribution in [2.75, 3.05) is 23.9 Å². The lowest BCUT2D eigenvalue weighted by Gasteiger charge is -2.12. The van der Waals surface area contributed by atoms with E-state index in [0.717, 1.165) is 16.3 Å². The Kier molecular flexibility index (Phi) is 5.11. The Bertz CT molecular complexity index is 644. The zero-order valence-electron chi connectivity index (χ0n) is 12.1. The quantitative estimate of drug-likeness (QED) is 0.654.